The molecule has 0 bridgehead atoms. The fourth-order valence-electron chi connectivity index (χ4n) is 2.56. The second-order valence-electron chi connectivity index (χ2n) is 5.39. The smallest absolute Gasteiger partial charge is 0.309 e. The Bertz CT molecular complexity index is 408. The van der Waals surface area contributed by atoms with Crippen LogP contribution in [0.3, 0.4) is 0 Å². The minimum atomic E-state index is -4.09. The van der Waals surface area contributed by atoms with Crippen molar-refractivity contribution in [2.75, 3.05) is 26.2 Å². The summed E-state index contributed by atoms with van der Waals surface area (Å²) < 4.78 is 36.9. The summed E-state index contributed by atoms with van der Waals surface area (Å²) in [5, 5.41) is 3.35. The summed E-state index contributed by atoms with van der Waals surface area (Å²) >= 11 is 0. The molecule has 6 heteroatoms. The van der Waals surface area contributed by atoms with Crippen molar-refractivity contribution in [3.63, 3.8) is 0 Å². The topological polar surface area (TPSA) is 28.2 Å². The van der Waals surface area contributed by atoms with E-state index in [1.807, 2.05) is 25.1 Å². The molecule has 0 amide bonds. The molecule has 2 atom stereocenters. The minimum absolute atomic E-state index is 0.118. The summed E-state index contributed by atoms with van der Waals surface area (Å²) in [6.45, 7) is 3.00. The second-order valence-corrected chi connectivity index (χ2v) is 5.39. The van der Waals surface area contributed by atoms with Gasteiger partial charge in [-0.1, -0.05) is 6.07 Å². The lowest BCUT2D eigenvalue weighted by molar-refractivity contribution is -0.143. The van der Waals surface area contributed by atoms with Crippen LogP contribution in [0.2, 0.25) is 0 Å². The summed E-state index contributed by atoms with van der Waals surface area (Å²) in [5.41, 5.74) is 0.956. The average Bonchev–Trinajstić information content (AvgIpc) is 2.82. The Morgan fingerprint density at radius 1 is 1.45 bits per heavy atom. The Kier molecular flexibility index (Phi) is 4.99. The molecule has 0 spiro atoms. The first-order chi connectivity index (χ1) is 9.44. The van der Waals surface area contributed by atoms with Crippen LogP contribution in [0, 0.1) is 5.92 Å². The third-order valence-electron chi connectivity index (χ3n) is 3.62. The third-order valence-corrected chi connectivity index (χ3v) is 3.62. The van der Waals surface area contributed by atoms with Crippen LogP contribution < -0.4 is 5.32 Å². The molecule has 1 aromatic rings. The standard InChI is InChI=1S/C14H20F3N3/c1-11(13-4-2-3-6-18-13)19-8-12-5-7-20(9-12)10-14(15,16)17/h2-4,6,11-12,19H,5,7-10H2,1H3. The molecule has 3 nitrogen and oxygen atoms in total. The van der Waals surface area contributed by atoms with Gasteiger partial charge < -0.3 is 5.32 Å². The summed E-state index contributed by atoms with van der Waals surface area (Å²) in [6, 6.07) is 5.86. The average molecular weight is 287 g/mol. The van der Waals surface area contributed by atoms with E-state index >= 15 is 0 Å². The molecule has 112 valence electrons. The van der Waals surface area contributed by atoms with Crippen LogP contribution >= 0.6 is 0 Å². The normalized spacial score (nSPS) is 22.1. The van der Waals surface area contributed by atoms with Gasteiger partial charge in [0.05, 0.1) is 12.2 Å². The largest absolute Gasteiger partial charge is 0.401 e. The first-order valence-electron chi connectivity index (χ1n) is 6.87. The van der Waals surface area contributed by atoms with Gasteiger partial charge in [-0.2, -0.15) is 13.2 Å². The first-order valence-corrected chi connectivity index (χ1v) is 6.87. The van der Waals surface area contributed by atoms with Crippen LogP contribution in [0.5, 0.6) is 0 Å². The van der Waals surface area contributed by atoms with E-state index in [-0.39, 0.29) is 12.0 Å². The number of pyridine rings is 1. The SMILES string of the molecule is CC(NCC1CCN(CC(F)(F)F)C1)c1ccccn1. The van der Waals surface area contributed by atoms with Crippen LogP contribution in [0.4, 0.5) is 13.2 Å². The van der Waals surface area contributed by atoms with Crippen LogP contribution in [0.1, 0.15) is 25.1 Å². The Hall–Kier alpha value is -1.14. The monoisotopic (exact) mass is 287 g/mol. The number of nitrogens with zero attached hydrogens (tertiary/aromatic N) is 2. The zero-order chi connectivity index (χ0) is 14.6. The lowest BCUT2D eigenvalue weighted by atomic mass is 10.1. The van der Waals surface area contributed by atoms with Crippen molar-refractivity contribution in [1.29, 1.82) is 0 Å². The van der Waals surface area contributed by atoms with E-state index in [1.165, 1.54) is 4.90 Å². The number of alkyl halides is 3. The van der Waals surface area contributed by atoms with Gasteiger partial charge in [-0.05, 0) is 44.5 Å². The molecule has 1 aliphatic rings. The summed E-state index contributed by atoms with van der Waals surface area (Å²) in [5.74, 6) is 0.281. The molecule has 1 aliphatic heterocycles. The van der Waals surface area contributed by atoms with Crippen LogP contribution in [-0.2, 0) is 0 Å². The third kappa shape index (κ3) is 4.76. The highest BCUT2D eigenvalue weighted by atomic mass is 19.4. The van der Waals surface area contributed by atoms with Crippen molar-refractivity contribution in [1.82, 2.24) is 15.2 Å². The molecule has 20 heavy (non-hydrogen) atoms. The van der Waals surface area contributed by atoms with Gasteiger partial charge in [0.25, 0.3) is 0 Å². The molecule has 1 aromatic heterocycles. The van der Waals surface area contributed by atoms with Crippen molar-refractivity contribution in [2.24, 2.45) is 5.92 Å². The molecule has 0 radical (unpaired) electrons. The maximum Gasteiger partial charge on any atom is 0.401 e. The number of halogens is 3. The second kappa shape index (κ2) is 6.54. The highest BCUT2D eigenvalue weighted by Crippen LogP contribution is 2.22. The van der Waals surface area contributed by atoms with Crippen molar-refractivity contribution < 1.29 is 13.2 Å². The predicted molar refractivity (Wildman–Crippen MR) is 71.3 cm³/mol. The van der Waals surface area contributed by atoms with E-state index in [0.717, 1.165) is 18.7 Å². The number of hydrogen-bond donors (Lipinski definition) is 1. The maximum absolute atomic E-state index is 12.3. The van der Waals surface area contributed by atoms with E-state index in [9.17, 15) is 13.2 Å². The van der Waals surface area contributed by atoms with Gasteiger partial charge in [-0.25, -0.2) is 0 Å². The summed E-state index contributed by atoms with van der Waals surface area (Å²) in [6.07, 6.45) is -1.53. The van der Waals surface area contributed by atoms with Gasteiger partial charge in [0, 0.05) is 18.8 Å². The molecule has 1 saturated heterocycles. The van der Waals surface area contributed by atoms with E-state index in [1.54, 1.807) is 6.20 Å². The van der Waals surface area contributed by atoms with Gasteiger partial charge in [-0.3, -0.25) is 9.88 Å². The molecule has 2 heterocycles. The van der Waals surface area contributed by atoms with Gasteiger partial charge in [-0.15, -0.1) is 0 Å². The van der Waals surface area contributed by atoms with Gasteiger partial charge in [0.2, 0.25) is 0 Å². The molecule has 1 N–H and O–H groups in total. The fourth-order valence-corrected chi connectivity index (χ4v) is 2.56. The van der Waals surface area contributed by atoms with Crippen LogP contribution in [-0.4, -0.2) is 42.2 Å². The molecule has 0 aromatic carbocycles. The quantitative estimate of drug-likeness (QED) is 0.902. The molecule has 2 rings (SSSR count). The molecule has 0 saturated carbocycles. The summed E-state index contributed by atoms with van der Waals surface area (Å²) in [4.78, 5) is 5.75. The summed E-state index contributed by atoms with van der Waals surface area (Å²) in [7, 11) is 0. The van der Waals surface area contributed by atoms with Gasteiger partial charge in [0.15, 0.2) is 0 Å². The Morgan fingerprint density at radius 3 is 2.90 bits per heavy atom. The molecule has 2 unspecified atom stereocenters. The minimum Gasteiger partial charge on any atom is -0.309 e. The zero-order valence-electron chi connectivity index (χ0n) is 11.5. The highest BCUT2D eigenvalue weighted by Gasteiger charge is 2.34. The van der Waals surface area contributed by atoms with Gasteiger partial charge in [0.1, 0.15) is 0 Å². The Balaban J connectivity index is 1.73. The Labute approximate surface area is 117 Å². The van der Waals surface area contributed by atoms with Crippen LogP contribution in [0.25, 0.3) is 0 Å². The number of aromatic nitrogens is 1. The number of hydrogen-bond acceptors (Lipinski definition) is 3. The van der Waals surface area contributed by atoms with E-state index in [4.69, 9.17) is 0 Å². The Morgan fingerprint density at radius 2 is 2.25 bits per heavy atom. The molecule has 1 fully saturated rings. The van der Waals surface area contributed by atoms with E-state index in [2.05, 4.69) is 10.3 Å². The molecular formula is C14H20F3N3. The number of rotatable bonds is 5. The lowest BCUT2D eigenvalue weighted by Gasteiger charge is -2.19. The number of likely N-dealkylation sites (tertiary alicyclic amines) is 1. The predicted octanol–water partition coefficient (Wildman–Crippen LogP) is 2.62. The molecular weight excluding hydrogens is 267 g/mol. The maximum atomic E-state index is 12.3. The molecule has 0 aliphatic carbocycles. The fraction of sp³-hybridized carbons (Fsp3) is 0.643. The first kappa shape index (κ1) is 15.3. The number of nitrogens with one attached hydrogen (secondary N) is 1. The van der Waals surface area contributed by atoms with Crippen molar-refractivity contribution in [3.05, 3.63) is 30.1 Å². The zero-order valence-corrected chi connectivity index (χ0v) is 11.5. The van der Waals surface area contributed by atoms with Crippen LogP contribution in [0.15, 0.2) is 24.4 Å². The van der Waals surface area contributed by atoms with E-state index in [0.29, 0.717) is 13.1 Å². The lowest BCUT2D eigenvalue weighted by Crippen LogP contribution is -2.34. The highest BCUT2D eigenvalue weighted by molar-refractivity contribution is 5.07. The van der Waals surface area contributed by atoms with E-state index < -0.39 is 12.7 Å². The van der Waals surface area contributed by atoms with Crippen molar-refractivity contribution in [2.45, 2.75) is 25.6 Å². The van der Waals surface area contributed by atoms with Crippen molar-refractivity contribution >= 4 is 0 Å². The van der Waals surface area contributed by atoms with Gasteiger partial charge >= 0.3 is 6.18 Å². The van der Waals surface area contributed by atoms with Crippen molar-refractivity contribution in [3.8, 4) is 0 Å².